The molecule has 9 rings (SSSR count). The maximum absolute atomic E-state index is 9.41. The number of benzene rings is 9. The van der Waals surface area contributed by atoms with Crippen LogP contribution >= 0.6 is 0 Å². The van der Waals surface area contributed by atoms with E-state index >= 15 is 0 Å². The Morgan fingerprint density at radius 3 is 1.30 bits per heavy atom. The highest BCUT2D eigenvalue weighted by Gasteiger charge is 2.14. The number of anilines is 3. The third-order valence-corrected chi connectivity index (χ3v) is 9.77. The first kappa shape index (κ1) is 27.7. The Hall–Kier alpha value is -6.96. The van der Waals surface area contributed by atoms with Crippen LogP contribution in [0.1, 0.15) is 5.48 Å². The summed E-state index contributed by atoms with van der Waals surface area (Å²) in [5.74, 6) is 0. The maximum Gasteiger partial charge on any atom is 0.0645 e. The Bertz CT molecular complexity index is 2820. The van der Waals surface area contributed by atoms with Gasteiger partial charge in [0.25, 0.3) is 0 Å². The third-order valence-electron chi connectivity index (χ3n) is 9.77. The summed E-state index contributed by atoms with van der Waals surface area (Å²) >= 11 is 0. The van der Waals surface area contributed by atoms with Crippen molar-refractivity contribution in [1.82, 2.24) is 0 Å². The minimum atomic E-state index is -0.114. The number of fused-ring (bicyclic) bond motifs is 1. The molecular weight excluding hydrogens is 639 g/mol. The minimum absolute atomic E-state index is 0.0914. The van der Waals surface area contributed by atoms with Crippen molar-refractivity contribution in [3.05, 3.63) is 224 Å². The minimum Gasteiger partial charge on any atom is -0.311 e. The van der Waals surface area contributed by atoms with E-state index in [1.165, 1.54) is 16.3 Å². The van der Waals surface area contributed by atoms with Crippen LogP contribution in [-0.2, 0) is 0 Å². The molecule has 0 atom stereocenters. The molecule has 1 heteroatoms. The Balaban J connectivity index is 1.13. The van der Waals surface area contributed by atoms with Gasteiger partial charge in [-0.1, -0.05) is 182 Å². The van der Waals surface area contributed by atoms with Crippen LogP contribution < -0.4 is 4.90 Å². The monoisotopic (exact) mass is 679 g/mol. The van der Waals surface area contributed by atoms with Crippen molar-refractivity contribution in [3.63, 3.8) is 0 Å². The molecule has 9 aromatic carbocycles. The molecule has 250 valence electrons. The van der Waals surface area contributed by atoms with Crippen molar-refractivity contribution in [3.8, 4) is 55.6 Å². The standard InChI is InChI=1S/C52H37N/c1-3-11-38(12-4-1)40-21-23-41(24-22-40)43-27-33-49(34-28-43)53(48-31-25-42(26-32-48)39-13-5-2-6-14-39)50-35-29-44(30-36-50)46-17-9-18-47(37-46)52-20-10-16-45-15-7-8-19-51(45)52/h1-37H/i27D,28D,33D,34D. The Morgan fingerprint density at radius 2 is 0.698 bits per heavy atom. The number of rotatable bonds is 8. The average Bonchev–Trinajstić information content (AvgIpc) is 3.28. The first-order chi connectivity index (χ1) is 27.9. The van der Waals surface area contributed by atoms with E-state index in [1.807, 2.05) is 114 Å². The molecule has 0 aliphatic rings. The molecule has 0 amide bonds. The first-order valence-electron chi connectivity index (χ1n) is 19.8. The lowest BCUT2D eigenvalue weighted by molar-refractivity contribution is 1.28. The van der Waals surface area contributed by atoms with Gasteiger partial charge in [0.15, 0.2) is 0 Å². The largest absolute Gasteiger partial charge is 0.311 e. The Morgan fingerprint density at radius 1 is 0.283 bits per heavy atom. The van der Waals surface area contributed by atoms with Crippen LogP contribution in [0, 0.1) is 0 Å². The highest BCUT2D eigenvalue weighted by atomic mass is 15.1. The van der Waals surface area contributed by atoms with Crippen LogP contribution in [0.3, 0.4) is 0 Å². The van der Waals surface area contributed by atoms with Gasteiger partial charge < -0.3 is 4.90 Å². The van der Waals surface area contributed by atoms with Crippen molar-refractivity contribution >= 4 is 27.8 Å². The summed E-state index contributed by atoms with van der Waals surface area (Å²) in [7, 11) is 0. The molecule has 0 saturated carbocycles. The lowest BCUT2D eigenvalue weighted by Crippen LogP contribution is -2.09. The molecule has 0 radical (unpaired) electrons. The van der Waals surface area contributed by atoms with Crippen molar-refractivity contribution in [2.24, 2.45) is 0 Å². The smallest absolute Gasteiger partial charge is 0.0645 e. The lowest BCUT2D eigenvalue weighted by Gasteiger charge is -2.26. The second kappa shape index (κ2) is 14.3. The molecule has 0 bridgehead atoms. The van der Waals surface area contributed by atoms with Gasteiger partial charge in [0.1, 0.15) is 0 Å². The Labute approximate surface area is 317 Å². The number of hydrogen-bond donors (Lipinski definition) is 0. The van der Waals surface area contributed by atoms with E-state index in [-0.39, 0.29) is 35.4 Å². The predicted molar refractivity (Wildman–Crippen MR) is 226 cm³/mol. The van der Waals surface area contributed by atoms with Gasteiger partial charge in [0.2, 0.25) is 0 Å². The van der Waals surface area contributed by atoms with E-state index < -0.39 is 0 Å². The van der Waals surface area contributed by atoms with Crippen molar-refractivity contribution in [2.45, 2.75) is 0 Å². The van der Waals surface area contributed by atoms with Crippen LogP contribution in [-0.4, -0.2) is 0 Å². The number of hydrogen-bond acceptors (Lipinski definition) is 1. The second-order valence-corrected chi connectivity index (χ2v) is 13.1. The molecule has 53 heavy (non-hydrogen) atoms. The summed E-state index contributed by atoms with van der Waals surface area (Å²) in [6.45, 7) is 0. The zero-order chi connectivity index (χ0) is 38.9. The van der Waals surface area contributed by atoms with Crippen molar-refractivity contribution in [1.29, 1.82) is 0 Å². The molecule has 0 aliphatic carbocycles. The molecule has 0 unspecified atom stereocenters. The van der Waals surface area contributed by atoms with Gasteiger partial charge in [0.05, 0.1) is 5.48 Å². The maximum atomic E-state index is 9.41. The molecule has 0 heterocycles. The van der Waals surface area contributed by atoms with E-state index in [2.05, 4.69) is 91.0 Å². The SMILES string of the molecule is [2H]c1c([2H])c(N(c2ccc(-c3ccccc3)cc2)c2ccc(-c3cccc(-c4cccc5ccccc45)c3)cc2)c([2H])c([2H])c1-c1ccc(-c2ccccc2)cc1. The van der Waals surface area contributed by atoms with Crippen LogP contribution in [0.4, 0.5) is 17.1 Å². The zero-order valence-electron chi connectivity index (χ0n) is 33.0. The van der Waals surface area contributed by atoms with Crippen molar-refractivity contribution < 1.29 is 5.48 Å². The summed E-state index contributed by atoms with van der Waals surface area (Å²) in [6, 6.07) is 66.9. The zero-order valence-corrected chi connectivity index (χ0v) is 29.0. The molecule has 0 aromatic heterocycles. The van der Waals surface area contributed by atoms with E-state index in [0.29, 0.717) is 5.56 Å². The summed E-state index contributed by atoms with van der Waals surface area (Å²) in [5, 5.41) is 2.40. The summed E-state index contributed by atoms with van der Waals surface area (Å²) in [5.41, 5.74) is 11.1. The highest BCUT2D eigenvalue weighted by molar-refractivity contribution is 5.97. The molecule has 0 saturated heterocycles. The molecule has 0 aliphatic heterocycles. The van der Waals surface area contributed by atoms with Crippen LogP contribution in [0.2, 0.25) is 0 Å². The molecule has 1 nitrogen and oxygen atoms in total. The van der Waals surface area contributed by atoms with E-state index in [4.69, 9.17) is 0 Å². The van der Waals surface area contributed by atoms with Gasteiger partial charge in [-0.25, -0.2) is 0 Å². The second-order valence-electron chi connectivity index (χ2n) is 13.1. The molecule has 9 aromatic rings. The van der Waals surface area contributed by atoms with Crippen LogP contribution in [0.15, 0.2) is 224 Å². The van der Waals surface area contributed by atoms with Gasteiger partial charge in [-0.3, -0.25) is 0 Å². The van der Waals surface area contributed by atoms with Crippen LogP contribution in [0.25, 0.3) is 66.4 Å². The van der Waals surface area contributed by atoms with Crippen LogP contribution in [0.5, 0.6) is 0 Å². The van der Waals surface area contributed by atoms with Gasteiger partial charge >= 0.3 is 0 Å². The predicted octanol–water partition coefficient (Wildman–Crippen LogP) is 14.6. The van der Waals surface area contributed by atoms with Crippen molar-refractivity contribution in [2.75, 3.05) is 4.90 Å². The normalized spacial score (nSPS) is 12.1. The summed E-state index contributed by atoms with van der Waals surface area (Å²) < 4.78 is 37.4. The molecular formula is C52H37N. The van der Waals surface area contributed by atoms with E-state index in [1.54, 1.807) is 0 Å². The van der Waals surface area contributed by atoms with E-state index in [0.717, 1.165) is 50.3 Å². The fraction of sp³-hybridized carbons (Fsp3) is 0. The molecule has 0 N–H and O–H groups in total. The first-order valence-corrected chi connectivity index (χ1v) is 17.8. The van der Waals surface area contributed by atoms with Gasteiger partial charge in [-0.15, -0.1) is 0 Å². The fourth-order valence-electron chi connectivity index (χ4n) is 7.01. The summed E-state index contributed by atoms with van der Waals surface area (Å²) in [6.07, 6.45) is 0. The fourth-order valence-corrected chi connectivity index (χ4v) is 7.01. The third kappa shape index (κ3) is 6.65. The van der Waals surface area contributed by atoms with E-state index in [9.17, 15) is 5.48 Å². The topological polar surface area (TPSA) is 3.24 Å². The molecule has 0 fully saturated rings. The van der Waals surface area contributed by atoms with Gasteiger partial charge in [-0.05, 0) is 109 Å². The molecule has 0 spiro atoms. The quantitative estimate of drug-likeness (QED) is 0.154. The lowest BCUT2D eigenvalue weighted by atomic mass is 9.95. The van der Waals surface area contributed by atoms with Gasteiger partial charge in [-0.2, -0.15) is 0 Å². The average molecular weight is 680 g/mol. The summed E-state index contributed by atoms with van der Waals surface area (Å²) in [4.78, 5) is 1.84. The number of nitrogens with zero attached hydrogens (tertiary/aromatic N) is 1. The Kier molecular flexibility index (Phi) is 7.50. The highest BCUT2D eigenvalue weighted by Crippen LogP contribution is 2.39. The van der Waals surface area contributed by atoms with Gasteiger partial charge in [0, 0.05) is 17.1 Å².